The summed E-state index contributed by atoms with van der Waals surface area (Å²) in [5, 5.41) is 11.7. The summed E-state index contributed by atoms with van der Waals surface area (Å²) in [6, 6.07) is 6.40. The largest absolute Gasteiger partial charge is 0.494 e. The molecule has 3 aromatic rings. The SMILES string of the molecule is [2H]C([2H])([2H])NC(=O)c1cnc(NC(=O)C2CC2)cc1Nc1cccc(-c2noc(CN3CCCS3(=O)=O)n2)c1OC. The Bertz CT molecular complexity index is 1590. The van der Waals surface area contributed by atoms with E-state index in [0.29, 0.717) is 24.2 Å². The van der Waals surface area contributed by atoms with Gasteiger partial charge in [0.05, 0.1) is 41.9 Å². The number of aromatic nitrogens is 3. The molecule has 0 spiro atoms. The number of carbonyl (C=O) groups excluding carboxylic acids is 2. The van der Waals surface area contributed by atoms with E-state index in [0.717, 1.165) is 12.8 Å². The van der Waals surface area contributed by atoms with Crippen molar-refractivity contribution in [3.05, 3.63) is 41.9 Å². The molecule has 2 fully saturated rings. The number of sulfonamides is 1. The third-order valence-electron chi connectivity index (χ3n) is 6.17. The number of rotatable bonds is 9. The molecule has 2 aliphatic rings. The fourth-order valence-corrected chi connectivity index (χ4v) is 5.54. The number of pyridine rings is 1. The van der Waals surface area contributed by atoms with Crippen molar-refractivity contribution in [1.29, 1.82) is 0 Å². The van der Waals surface area contributed by atoms with Gasteiger partial charge < -0.3 is 25.2 Å². The molecule has 3 N–H and O–H groups in total. The number of nitrogens with one attached hydrogen (secondary N) is 3. The minimum absolute atomic E-state index is 0.0517. The van der Waals surface area contributed by atoms with E-state index in [-0.39, 0.29) is 58.7 Å². The van der Waals surface area contributed by atoms with Crippen LogP contribution in [0.3, 0.4) is 0 Å². The molecule has 0 radical (unpaired) electrons. The van der Waals surface area contributed by atoms with Gasteiger partial charge >= 0.3 is 0 Å². The zero-order valence-corrected chi connectivity index (χ0v) is 21.2. The molecule has 5 rings (SSSR count). The van der Waals surface area contributed by atoms with Crippen molar-refractivity contribution in [2.45, 2.75) is 25.8 Å². The molecule has 14 heteroatoms. The molecule has 2 aromatic heterocycles. The summed E-state index contributed by atoms with van der Waals surface area (Å²) in [5.74, 6) is -0.436. The summed E-state index contributed by atoms with van der Waals surface area (Å²) < 4.78 is 58.7. The molecular formula is C24H27N7O6S. The predicted octanol–water partition coefficient (Wildman–Crippen LogP) is 2.13. The molecule has 0 bridgehead atoms. The van der Waals surface area contributed by atoms with Gasteiger partial charge in [0.25, 0.3) is 5.91 Å². The molecule has 3 heterocycles. The van der Waals surface area contributed by atoms with Gasteiger partial charge in [0.2, 0.25) is 27.6 Å². The molecule has 1 aliphatic heterocycles. The van der Waals surface area contributed by atoms with Gasteiger partial charge in [0.15, 0.2) is 5.75 Å². The van der Waals surface area contributed by atoms with Crippen LogP contribution in [0.15, 0.2) is 35.0 Å². The van der Waals surface area contributed by atoms with Gasteiger partial charge in [-0.3, -0.25) is 9.59 Å². The molecule has 0 unspecified atom stereocenters. The Kier molecular flexibility index (Phi) is 6.00. The Morgan fingerprint density at radius 2 is 2.13 bits per heavy atom. The highest BCUT2D eigenvalue weighted by Crippen LogP contribution is 2.38. The van der Waals surface area contributed by atoms with Gasteiger partial charge in [0.1, 0.15) is 5.82 Å². The number of para-hydroxylation sites is 1. The second kappa shape index (κ2) is 10.4. The number of amides is 2. The van der Waals surface area contributed by atoms with Crippen molar-refractivity contribution in [3.63, 3.8) is 0 Å². The van der Waals surface area contributed by atoms with E-state index in [9.17, 15) is 18.0 Å². The van der Waals surface area contributed by atoms with Crippen molar-refractivity contribution >= 4 is 39.0 Å². The summed E-state index contributed by atoms with van der Waals surface area (Å²) in [4.78, 5) is 33.6. The first-order valence-electron chi connectivity index (χ1n) is 13.3. The first-order valence-corrected chi connectivity index (χ1v) is 13.4. The Morgan fingerprint density at radius 3 is 2.84 bits per heavy atom. The highest BCUT2D eigenvalue weighted by atomic mass is 32.2. The highest BCUT2D eigenvalue weighted by Gasteiger charge is 2.31. The number of hydrogen-bond donors (Lipinski definition) is 3. The fourth-order valence-electron chi connectivity index (χ4n) is 4.07. The Labute approximate surface area is 223 Å². The molecule has 38 heavy (non-hydrogen) atoms. The van der Waals surface area contributed by atoms with E-state index in [4.69, 9.17) is 13.4 Å². The third kappa shape index (κ3) is 5.31. The second-order valence-electron chi connectivity index (χ2n) is 8.86. The Balaban J connectivity index is 1.45. The zero-order chi connectivity index (χ0) is 29.4. The minimum atomic E-state index is -3.36. The molecule has 0 atom stereocenters. The van der Waals surface area contributed by atoms with E-state index in [1.807, 2.05) is 5.32 Å². The minimum Gasteiger partial charge on any atom is -0.494 e. The van der Waals surface area contributed by atoms with Crippen LogP contribution in [0.1, 0.15) is 39.6 Å². The van der Waals surface area contributed by atoms with Crippen molar-refractivity contribution in [2.24, 2.45) is 5.92 Å². The van der Waals surface area contributed by atoms with Crippen molar-refractivity contribution in [1.82, 2.24) is 24.7 Å². The van der Waals surface area contributed by atoms with Crippen LogP contribution in [-0.2, 0) is 21.4 Å². The van der Waals surface area contributed by atoms with Crippen LogP contribution in [0.5, 0.6) is 5.75 Å². The average Bonchev–Trinajstić information content (AvgIpc) is 3.57. The number of methoxy groups -OCH3 is 1. The summed E-state index contributed by atoms with van der Waals surface area (Å²) in [7, 11) is -1.94. The number of anilines is 3. The smallest absolute Gasteiger partial charge is 0.254 e. The lowest BCUT2D eigenvalue weighted by atomic mass is 10.1. The summed E-state index contributed by atoms with van der Waals surface area (Å²) in [6.45, 7) is -2.42. The molecule has 200 valence electrons. The normalized spacial score (nSPS) is 18.2. The van der Waals surface area contributed by atoms with E-state index < -0.39 is 22.9 Å². The average molecular weight is 545 g/mol. The first-order chi connectivity index (χ1) is 19.4. The zero-order valence-electron chi connectivity index (χ0n) is 23.4. The van der Waals surface area contributed by atoms with Crippen LogP contribution in [0.2, 0.25) is 0 Å². The van der Waals surface area contributed by atoms with E-state index >= 15 is 0 Å². The highest BCUT2D eigenvalue weighted by molar-refractivity contribution is 7.89. The molecule has 2 amide bonds. The van der Waals surface area contributed by atoms with Crippen LogP contribution in [-0.4, -0.2) is 66.0 Å². The number of benzene rings is 1. The topological polar surface area (TPSA) is 169 Å². The number of ether oxygens (including phenoxy) is 1. The van der Waals surface area contributed by atoms with Gasteiger partial charge in [-0.15, -0.1) is 0 Å². The summed E-state index contributed by atoms with van der Waals surface area (Å²) >= 11 is 0. The molecule has 1 saturated heterocycles. The van der Waals surface area contributed by atoms with Crippen molar-refractivity contribution in [2.75, 3.05) is 37.0 Å². The van der Waals surface area contributed by atoms with Gasteiger partial charge in [-0.1, -0.05) is 11.2 Å². The monoisotopic (exact) mass is 544 g/mol. The molecule has 13 nitrogen and oxygen atoms in total. The van der Waals surface area contributed by atoms with E-state index in [1.165, 1.54) is 23.7 Å². The van der Waals surface area contributed by atoms with Gasteiger partial charge in [-0.25, -0.2) is 13.4 Å². The quantitative estimate of drug-likeness (QED) is 0.363. The molecule has 1 saturated carbocycles. The molecule has 1 aromatic carbocycles. The fraction of sp³-hybridized carbons (Fsp3) is 0.375. The third-order valence-corrected chi connectivity index (χ3v) is 8.08. The van der Waals surface area contributed by atoms with Crippen LogP contribution >= 0.6 is 0 Å². The maximum absolute atomic E-state index is 12.8. The number of nitrogens with zero attached hydrogens (tertiary/aromatic N) is 4. The van der Waals surface area contributed by atoms with Crippen LogP contribution in [0.25, 0.3) is 11.4 Å². The molecular weight excluding hydrogens is 514 g/mol. The maximum Gasteiger partial charge on any atom is 0.254 e. The van der Waals surface area contributed by atoms with Gasteiger partial charge in [0, 0.05) is 35.8 Å². The van der Waals surface area contributed by atoms with Crippen LogP contribution < -0.4 is 20.7 Å². The van der Waals surface area contributed by atoms with E-state index in [1.54, 1.807) is 18.2 Å². The Hall–Kier alpha value is -4.04. The first kappa shape index (κ1) is 22.0. The van der Waals surface area contributed by atoms with Gasteiger partial charge in [-0.05, 0) is 31.4 Å². The predicted molar refractivity (Wildman–Crippen MR) is 137 cm³/mol. The van der Waals surface area contributed by atoms with Crippen molar-refractivity contribution < 1.29 is 31.4 Å². The second-order valence-corrected chi connectivity index (χ2v) is 10.9. The maximum atomic E-state index is 12.8. The lowest BCUT2D eigenvalue weighted by Crippen LogP contribution is -2.25. The summed E-state index contributed by atoms with van der Waals surface area (Å²) in [6.07, 6.45) is 3.26. The Morgan fingerprint density at radius 1 is 1.29 bits per heavy atom. The van der Waals surface area contributed by atoms with Crippen LogP contribution in [0.4, 0.5) is 17.2 Å². The summed E-state index contributed by atoms with van der Waals surface area (Å²) in [5.41, 5.74) is 0.816. The van der Waals surface area contributed by atoms with E-state index in [2.05, 4.69) is 25.8 Å². The lowest BCUT2D eigenvalue weighted by Gasteiger charge is -2.16. The number of carbonyl (C=O) groups is 2. The standard InChI is InChI=1S/C24H27N7O6S/c1-25-24(33)16-12-26-19(28-23(32)14-7-8-14)11-18(16)27-17-6-3-5-15(21(17)36-2)22-29-20(37-30-22)13-31-9-4-10-38(31,34)35/h3,5-6,11-12,14H,4,7-10,13H2,1-2H3,(H,25,33)(H2,26,27,28,32)/i1D3. The lowest BCUT2D eigenvalue weighted by molar-refractivity contribution is -0.117. The van der Waals surface area contributed by atoms with Crippen LogP contribution in [0, 0.1) is 5.92 Å². The number of hydrogen-bond acceptors (Lipinski definition) is 10. The van der Waals surface area contributed by atoms with Gasteiger partial charge in [-0.2, -0.15) is 9.29 Å². The molecule has 1 aliphatic carbocycles. The van der Waals surface area contributed by atoms with Crippen molar-refractivity contribution in [3.8, 4) is 17.1 Å².